The summed E-state index contributed by atoms with van der Waals surface area (Å²) in [5.41, 5.74) is 2.29. The number of hydrogen-bond acceptors (Lipinski definition) is 3. The van der Waals surface area contributed by atoms with E-state index in [1.54, 1.807) is 6.21 Å². The highest BCUT2D eigenvalue weighted by atomic mass is 16.6. The zero-order valence-corrected chi connectivity index (χ0v) is 9.03. The molecule has 0 unspecified atom stereocenters. The third-order valence-electron chi connectivity index (χ3n) is 2.91. The summed E-state index contributed by atoms with van der Waals surface area (Å²) >= 11 is 0. The Morgan fingerprint density at radius 3 is 2.88 bits per heavy atom. The van der Waals surface area contributed by atoms with Crippen LogP contribution in [0.15, 0.2) is 35.5 Å². The monoisotopic (exact) mass is 212 g/mol. The fourth-order valence-electron chi connectivity index (χ4n) is 2.13. The van der Waals surface area contributed by atoms with Gasteiger partial charge in [0.2, 0.25) is 0 Å². The molecule has 1 aliphatic heterocycles. The van der Waals surface area contributed by atoms with E-state index in [0.717, 1.165) is 17.9 Å². The second-order valence-corrected chi connectivity index (χ2v) is 3.78. The molecule has 80 valence electrons. The van der Waals surface area contributed by atoms with Crippen molar-refractivity contribution in [2.75, 3.05) is 12.4 Å². The van der Waals surface area contributed by atoms with E-state index >= 15 is 0 Å². The van der Waals surface area contributed by atoms with Gasteiger partial charge in [0.15, 0.2) is 5.75 Å². The Kier molecular flexibility index (Phi) is 2.03. The van der Waals surface area contributed by atoms with Crippen LogP contribution in [0.1, 0.15) is 5.56 Å². The van der Waals surface area contributed by atoms with E-state index in [9.17, 15) is 0 Å². The molecule has 3 nitrogen and oxygen atoms in total. The second kappa shape index (κ2) is 3.52. The third-order valence-corrected chi connectivity index (χ3v) is 2.91. The van der Waals surface area contributed by atoms with Gasteiger partial charge in [-0.1, -0.05) is 29.4 Å². The molecule has 0 saturated heterocycles. The van der Waals surface area contributed by atoms with Crippen LogP contribution in [0.4, 0.5) is 5.69 Å². The van der Waals surface area contributed by atoms with E-state index in [2.05, 4.69) is 22.6 Å². The van der Waals surface area contributed by atoms with Crippen molar-refractivity contribution in [1.29, 1.82) is 0 Å². The fourth-order valence-corrected chi connectivity index (χ4v) is 2.13. The van der Waals surface area contributed by atoms with Crippen molar-refractivity contribution in [3.05, 3.63) is 35.9 Å². The van der Waals surface area contributed by atoms with Gasteiger partial charge in [0, 0.05) is 42.4 Å². The molecule has 0 aromatic heterocycles. The molecule has 2 aromatic carbocycles. The highest BCUT2D eigenvalue weighted by Crippen LogP contribution is 2.35. The molecule has 0 bridgehead atoms. The molecule has 3 heteroatoms. The first kappa shape index (κ1) is 9.21. The maximum atomic E-state index is 5.30. The molecule has 16 heavy (non-hydrogen) atoms. The van der Waals surface area contributed by atoms with Crippen molar-refractivity contribution in [2.24, 2.45) is 5.16 Å². The van der Waals surface area contributed by atoms with Crippen LogP contribution < -0.4 is 10.2 Å². The normalized spacial score (nSPS) is 13.3. The maximum Gasteiger partial charge on any atom is 0.164 e. The predicted molar refractivity (Wildman–Crippen MR) is 66.3 cm³/mol. The summed E-state index contributed by atoms with van der Waals surface area (Å²) in [7, 11) is 1.92. The summed E-state index contributed by atoms with van der Waals surface area (Å²) in [6.07, 6.45) is 2.63. The fraction of sp³-hybridized carbons (Fsp3) is 0.154. The van der Waals surface area contributed by atoms with E-state index < -0.39 is 0 Å². The lowest BCUT2D eigenvalue weighted by atomic mass is 9.99. The minimum Gasteiger partial charge on any atom is -0.388 e. The Hall–Kier alpha value is -2.03. The molecule has 0 radical (unpaired) electrons. The highest BCUT2D eigenvalue weighted by Gasteiger charge is 2.14. The Morgan fingerprint density at radius 1 is 1.25 bits per heavy atom. The van der Waals surface area contributed by atoms with Gasteiger partial charge in [-0.25, -0.2) is 0 Å². The largest absolute Gasteiger partial charge is 0.388 e. The number of fused-ring (bicyclic) bond motifs is 3. The minimum atomic E-state index is 0.833. The first-order valence-electron chi connectivity index (χ1n) is 5.31. The Morgan fingerprint density at radius 2 is 2.06 bits per heavy atom. The summed E-state index contributed by atoms with van der Waals surface area (Å²) in [4.78, 5) is 5.30. The molecule has 0 amide bonds. The van der Waals surface area contributed by atoms with Crippen LogP contribution in [0.25, 0.3) is 10.8 Å². The topological polar surface area (TPSA) is 33.6 Å². The second-order valence-electron chi connectivity index (χ2n) is 3.78. The van der Waals surface area contributed by atoms with Crippen molar-refractivity contribution in [2.45, 2.75) is 6.42 Å². The average molecular weight is 212 g/mol. The van der Waals surface area contributed by atoms with Crippen molar-refractivity contribution >= 4 is 22.7 Å². The van der Waals surface area contributed by atoms with Gasteiger partial charge < -0.3 is 10.2 Å². The van der Waals surface area contributed by atoms with Crippen LogP contribution in [0.2, 0.25) is 0 Å². The number of anilines is 1. The summed E-state index contributed by atoms with van der Waals surface area (Å²) in [5, 5.41) is 9.49. The van der Waals surface area contributed by atoms with E-state index in [-0.39, 0.29) is 0 Å². The summed E-state index contributed by atoms with van der Waals surface area (Å²) in [6.45, 7) is 0. The van der Waals surface area contributed by atoms with Gasteiger partial charge in [-0.15, -0.1) is 0 Å². The highest BCUT2D eigenvalue weighted by molar-refractivity contribution is 5.99. The number of rotatable bonds is 1. The van der Waals surface area contributed by atoms with Gasteiger partial charge in [0.25, 0.3) is 0 Å². The Labute approximate surface area is 93.7 Å². The van der Waals surface area contributed by atoms with E-state index in [1.807, 2.05) is 25.2 Å². The number of nitrogens with zero attached hydrogens (tertiary/aromatic N) is 1. The van der Waals surface area contributed by atoms with Crippen molar-refractivity contribution < 1.29 is 4.84 Å². The van der Waals surface area contributed by atoms with Crippen LogP contribution in [0.3, 0.4) is 0 Å². The van der Waals surface area contributed by atoms with Crippen LogP contribution in [0.5, 0.6) is 5.75 Å². The first-order chi connectivity index (χ1) is 7.90. The number of hydrogen-bond donors (Lipinski definition) is 1. The van der Waals surface area contributed by atoms with E-state index in [4.69, 9.17) is 4.84 Å². The summed E-state index contributed by atoms with van der Waals surface area (Å²) in [5.74, 6) is 0.852. The van der Waals surface area contributed by atoms with E-state index in [0.29, 0.717) is 0 Å². The van der Waals surface area contributed by atoms with Crippen molar-refractivity contribution in [3.63, 3.8) is 0 Å². The van der Waals surface area contributed by atoms with Gasteiger partial charge in [-0.2, -0.15) is 0 Å². The lowest BCUT2D eigenvalue weighted by molar-refractivity contribution is 0.334. The molecule has 0 atom stereocenters. The quantitative estimate of drug-likeness (QED) is 0.788. The molecular formula is C13H12N2O. The molecule has 1 N–H and O–H groups in total. The molecule has 1 heterocycles. The van der Waals surface area contributed by atoms with Crippen LogP contribution in [0, 0.1) is 0 Å². The predicted octanol–water partition coefficient (Wildman–Crippen LogP) is 2.80. The third kappa shape index (κ3) is 1.25. The Balaban J connectivity index is 2.38. The van der Waals surface area contributed by atoms with Gasteiger partial charge in [0.05, 0.1) is 0 Å². The lowest BCUT2D eigenvalue weighted by Crippen LogP contribution is -2.03. The SMILES string of the molecule is CNc1cc2c(c3ccccc13)CC=NO2. The molecule has 0 spiro atoms. The number of nitrogens with one attached hydrogen (secondary N) is 1. The maximum absolute atomic E-state index is 5.30. The van der Waals surface area contributed by atoms with Gasteiger partial charge in [-0.3, -0.25) is 0 Å². The molecule has 2 aromatic rings. The lowest BCUT2D eigenvalue weighted by Gasteiger charge is -2.16. The smallest absolute Gasteiger partial charge is 0.164 e. The molecule has 0 aliphatic carbocycles. The minimum absolute atomic E-state index is 0.833. The zero-order valence-electron chi connectivity index (χ0n) is 9.03. The molecule has 1 aliphatic rings. The van der Waals surface area contributed by atoms with E-state index in [1.165, 1.54) is 16.3 Å². The van der Waals surface area contributed by atoms with Gasteiger partial charge >= 0.3 is 0 Å². The van der Waals surface area contributed by atoms with Crippen molar-refractivity contribution in [1.82, 2.24) is 0 Å². The number of oxime groups is 1. The molecular weight excluding hydrogens is 200 g/mol. The van der Waals surface area contributed by atoms with Gasteiger partial charge in [-0.05, 0) is 5.39 Å². The average Bonchev–Trinajstić information content (AvgIpc) is 2.38. The number of benzene rings is 2. The van der Waals surface area contributed by atoms with Gasteiger partial charge in [0.1, 0.15) is 0 Å². The van der Waals surface area contributed by atoms with Crippen LogP contribution in [-0.2, 0) is 6.42 Å². The Bertz CT molecular complexity index is 575. The first-order valence-corrected chi connectivity index (χ1v) is 5.31. The van der Waals surface area contributed by atoms with Crippen LogP contribution >= 0.6 is 0 Å². The summed E-state index contributed by atoms with van der Waals surface area (Å²) in [6, 6.07) is 10.3. The standard InChI is InChI=1S/C13H12N2O/c1-14-12-8-13-11(6-7-15-16-13)9-4-2-3-5-10(9)12/h2-5,7-8,14H,6H2,1H3. The molecule has 3 rings (SSSR count). The zero-order chi connectivity index (χ0) is 11.0. The van der Waals surface area contributed by atoms with Crippen LogP contribution in [-0.4, -0.2) is 13.3 Å². The summed E-state index contributed by atoms with van der Waals surface area (Å²) < 4.78 is 0. The molecule has 0 saturated carbocycles. The van der Waals surface area contributed by atoms with Crippen molar-refractivity contribution in [3.8, 4) is 5.75 Å². The molecule has 0 fully saturated rings.